The number of rotatable bonds is 4. The van der Waals surface area contributed by atoms with Crippen molar-refractivity contribution in [2.75, 3.05) is 0 Å². The number of aromatic carboxylic acids is 1. The van der Waals surface area contributed by atoms with Gasteiger partial charge < -0.3 is 9.84 Å². The molecule has 5 heteroatoms. The largest absolute Gasteiger partial charge is 0.487 e. The number of hydrogen-bond donors (Lipinski definition) is 1. The molecule has 5 nitrogen and oxygen atoms in total. The molecule has 0 atom stereocenters. The van der Waals surface area contributed by atoms with Crippen LogP contribution in [0.5, 0.6) is 5.75 Å². The van der Waals surface area contributed by atoms with Gasteiger partial charge in [0.2, 0.25) is 0 Å². The second-order valence-electron chi connectivity index (χ2n) is 3.73. The van der Waals surface area contributed by atoms with E-state index in [2.05, 4.69) is 9.97 Å². The highest BCUT2D eigenvalue weighted by atomic mass is 16.5. The second-order valence-corrected chi connectivity index (χ2v) is 3.73. The van der Waals surface area contributed by atoms with E-state index in [9.17, 15) is 4.79 Å². The molecule has 0 unspecified atom stereocenters. The van der Waals surface area contributed by atoms with Crippen molar-refractivity contribution >= 4 is 5.97 Å². The highest BCUT2D eigenvalue weighted by molar-refractivity contribution is 5.85. The predicted octanol–water partition coefficient (Wildman–Crippen LogP) is 2.06. The Morgan fingerprint density at radius 1 is 1.33 bits per heavy atom. The minimum atomic E-state index is -1.05. The molecule has 18 heavy (non-hydrogen) atoms. The molecule has 92 valence electrons. The van der Waals surface area contributed by atoms with Crippen LogP contribution in [0.2, 0.25) is 0 Å². The molecule has 0 fully saturated rings. The lowest BCUT2D eigenvalue weighted by molar-refractivity contribution is 0.0690. The number of nitrogens with zero attached hydrogens (tertiary/aromatic N) is 2. The van der Waals surface area contributed by atoms with Gasteiger partial charge in [-0.3, -0.25) is 4.98 Å². The maximum absolute atomic E-state index is 10.8. The molecule has 1 N–H and O–H groups in total. The molecule has 0 spiro atoms. The predicted molar refractivity (Wildman–Crippen MR) is 64.5 cm³/mol. The fourth-order valence-electron chi connectivity index (χ4n) is 1.46. The summed E-state index contributed by atoms with van der Waals surface area (Å²) in [6, 6.07) is 6.82. The van der Waals surface area contributed by atoms with E-state index < -0.39 is 5.97 Å². The van der Waals surface area contributed by atoms with E-state index in [1.54, 1.807) is 18.3 Å². The Bertz CT molecular complexity index is 570. The summed E-state index contributed by atoms with van der Waals surface area (Å²) >= 11 is 0. The first-order chi connectivity index (χ1) is 8.66. The number of pyridine rings is 2. The van der Waals surface area contributed by atoms with Crippen molar-refractivity contribution in [3.05, 3.63) is 53.6 Å². The normalized spacial score (nSPS) is 10.1. The van der Waals surface area contributed by atoms with Crippen molar-refractivity contribution in [3.8, 4) is 5.75 Å². The van der Waals surface area contributed by atoms with E-state index in [1.165, 1.54) is 12.3 Å². The molecule has 2 rings (SSSR count). The zero-order valence-electron chi connectivity index (χ0n) is 9.83. The number of aryl methyl sites for hydroxylation is 1. The maximum Gasteiger partial charge on any atom is 0.354 e. The van der Waals surface area contributed by atoms with Gasteiger partial charge in [0.05, 0.1) is 5.69 Å². The smallest absolute Gasteiger partial charge is 0.354 e. The van der Waals surface area contributed by atoms with Gasteiger partial charge in [0.15, 0.2) is 0 Å². The van der Waals surface area contributed by atoms with Gasteiger partial charge in [-0.1, -0.05) is 0 Å². The van der Waals surface area contributed by atoms with Gasteiger partial charge in [-0.05, 0) is 36.8 Å². The lowest BCUT2D eigenvalue weighted by Crippen LogP contribution is -2.03. The van der Waals surface area contributed by atoms with Crippen LogP contribution in [0.25, 0.3) is 0 Å². The number of carbonyl (C=O) groups is 1. The van der Waals surface area contributed by atoms with Crippen LogP contribution in [-0.2, 0) is 6.61 Å². The Balaban J connectivity index is 2.09. The average Bonchev–Trinajstić information content (AvgIpc) is 2.38. The van der Waals surface area contributed by atoms with Crippen LogP contribution in [0, 0.1) is 6.92 Å². The maximum atomic E-state index is 10.8. The molecular weight excluding hydrogens is 232 g/mol. The quantitative estimate of drug-likeness (QED) is 0.891. The van der Waals surface area contributed by atoms with Crippen LogP contribution in [0.4, 0.5) is 0 Å². The monoisotopic (exact) mass is 244 g/mol. The lowest BCUT2D eigenvalue weighted by atomic mass is 10.2. The molecule has 2 aromatic heterocycles. The summed E-state index contributed by atoms with van der Waals surface area (Å²) in [4.78, 5) is 18.6. The molecule has 0 bridgehead atoms. The third-order valence-electron chi connectivity index (χ3n) is 2.40. The zero-order chi connectivity index (χ0) is 13.0. The molecule has 0 radical (unpaired) electrons. The standard InChI is InChI=1S/C13H12N2O3/c1-9-12(3-2-5-14-9)18-8-10-4-6-15-11(7-10)13(16)17/h2-7H,8H2,1H3,(H,16,17). The van der Waals surface area contributed by atoms with E-state index in [4.69, 9.17) is 9.84 Å². The molecule has 0 saturated carbocycles. The number of carboxylic acids is 1. The minimum Gasteiger partial charge on any atom is -0.487 e. The minimum absolute atomic E-state index is 0.0130. The van der Waals surface area contributed by atoms with Crippen LogP contribution >= 0.6 is 0 Å². The Labute approximate surface area is 104 Å². The van der Waals surface area contributed by atoms with Crippen LogP contribution in [0.1, 0.15) is 21.7 Å². The Kier molecular flexibility index (Phi) is 3.52. The van der Waals surface area contributed by atoms with E-state index in [-0.39, 0.29) is 12.3 Å². The number of aromatic nitrogens is 2. The number of carboxylic acid groups (broad SMARTS) is 1. The first kappa shape index (κ1) is 12.0. The van der Waals surface area contributed by atoms with Crippen LogP contribution < -0.4 is 4.74 Å². The van der Waals surface area contributed by atoms with Crippen LogP contribution in [0.3, 0.4) is 0 Å². The topological polar surface area (TPSA) is 72.3 Å². The van der Waals surface area contributed by atoms with Crippen molar-refractivity contribution < 1.29 is 14.6 Å². The van der Waals surface area contributed by atoms with E-state index in [1.807, 2.05) is 13.0 Å². The zero-order valence-corrected chi connectivity index (χ0v) is 9.83. The first-order valence-corrected chi connectivity index (χ1v) is 5.39. The highest BCUT2D eigenvalue weighted by Gasteiger charge is 2.06. The molecule has 0 aliphatic rings. The van der Waals surface area contributed by atoms with Gasteiger partial charge >= 0.3 is 5.97 Å². The fourth-order valence-corrected chi connectivity index (χ4v) is 1.46. The summed E-state index contributed by atoms with van der Waals surface area (Å²) < 4.78 is 5.57. The summed E-state index contributed by atoms with van der Waals surface area (Å²) in [5.41, 5.74) is 1.56. The summed E-state index contributed by atoms with van der Waals surface area (Å²) in [6.45, 7) is 2.14. The fraction of sp³-hybridized carbons (Fsp3) is 0.154. The molecular formula is C13H12N2O3. The molecule has 0 aromatic carbocycles. The van der Waals surface area contributed by atoms with Crippen molar-refractivity contribution in [2.24, 2.45) is 0 Å². The van der Waals surface area contributed by atoms with Gasteiger partial charge in [0, 0.05) is 12.4 Å². The third kappa shape index (κ3) is 2.82. The van der Waals surface area contributed by atoms with E-state index in [0.717, 1.165) is 11.3 Å². The SMILES string of the molecule is Cc1ncccc1OCc1ccnc(C(=O)O)c1. The molecule has 2 aromatic rings. The van der Waals surface area contributed by atoms with Gasteiger partial charge in [-0.2, -0.15) is 0 Å². The molecule has 0 saturated heterocycles. The summed E-state index contributed by atoms with van der Waals surface area (Å²) in [5, 5.41) is 8.83. The second kappa shape index (κ2) is 5.27. The lowest BCUT2D eigenvalue weighted by Gasteiger charge is -2.08. The average molecular weight is 244 g/mol. The molecule has 2 heterocycles. The van der Waals surface area contributed by atoms with Crippen molar-refractivity contribution in [1.82, 2.24) is 9.97 Å². The first-order valence-electron chi connectivity index (χ1n) is 5.39. The van der Waals surface area contributed by atoms with E-state index in [0.29, 0.717) is 5.75 Å². The number of hydrogen-bond acceptors (Lipinski definition) is 4. The Hall–Kier alpha value is -2.43. The third-order valence-corrected chi connectivity index (χ3v) is 2.40. The highest BCUT2D eigenvalue weighted by Crippen LogP contribution is 2.15. The number of ether oxygens (including phenoxy) is 1. The Morgan fingerprint density at radius 2 is 2.17 bits per heavy atom. The van der Waals surface area contributed by atoms with Crippen molar-refractivity contribution in [3.63, 3.8) is 0 Å². The molecule has 0 amide bonds. The Morgan fingerprint density at radius 3 is 2.89 bits per heavy atom. The molecule has 0 aliphatic carbocycles. The van der Waals surface area contributed by atoms with Crippen LogP contribution in [0.15, 0.2) is 36.7 Å². The van der Waals surface area contributed by atoms with Crippen LogP contribution in [-0.4, -0.2) is 21.0 Å². The van der Waals surface area contributed by atoms with Gasteiger partial charge in [0.1, 0.15) is 18.1 Å². The van der Waals surface area contributed by atoms with Crippen molar-refractivity contribution in [1.29, 1.82) is 0 Å². The summed E-state index contributed by atoms with van der Waals surface area (Å²) in [5.74, 6) is -0.361. The van der Waals surface area contributed by atoms with Gasteiger partial charge in [0.25, 0.3) is 0 Å². The van der Waals surface area contributed by atoms with E-state index >= 15 is 0 Å². The van der Waals surface area contributed by atoms with Crippen molar-refractivity contribution in [2.45, 2.75) is 13.5 Å². The van der Waals surface area contributed by atoms with Gasteiger partial charge in [-0.15, -0.1) is 0 Å². The molecule has 0 aliphatic heterocycles. The summed E-state index contributed by atoms with van der Waals surface area (Å²) in [6.07, 6.45) is 3.15. The summed E-state index contributed by atoms with van der Waals surface area (Å²) in [7, 11) is 0. The van der Waals surface area contributed by atoms with Gasteiger partial charge in [-0.25, -0.2) is 9.78 Å².